The van der Waals surface area contributed by atoms with Gasteiger partial charge in [0.1, 0.15) is 0 Å². The first kappa shape index (κ1) is 16.8. The van der Waals surface area contributed by atoms with Crippen LogP contribution in [0.15, 0.2) is 97.1 Å². The number of aromatic nitrogens is 1. The molecule has 1 atom stereocenters. The van der Waals surface area contributed by atoms with Crippen LogP contribution in [0.2, 0.25) is 0 Å². The lowest BCUT2D eigenvalue weighted by Gasteiger charge is -2.17. The van der Waals surface area contributed by atoms with Crippen molar-refractivity contribution in [3.63, 3.8) is 0 Å². The number of fused-ring (bicyclic) bond motifs is 2. The van der Waals surface area contributed by atoms with Gasteiger partial charge in [-0.15, -0.1) is 0 Å². The second-order valence-corrected chi connectivity index (χ2v) is 7.23. The summed E-state index contributed by atoms with van der Waals surface area (Å²) >= 11 is 0. The van der Waals surface area contributed by atoms with Crippen LogP contribution in [0.25, 0.3) is 38.6 Å². The fourth-order valence-electron chi connectivity index (χ4n) is 3.97. The van der Waals surface area contributed by atoms with Crippen molar-refractivity contribution in [3.8, 4) is 16.9 Å². The molecule has 0 amide bonds. The number of aliphatic hydroxyl groups is 1. The van der Waals surface area contributed by atoms with E-state index in [1.165, 1.54) is 16.3 Å². The minimum absolute atomic E-state index is 0.523. The molecule has 0 bridgehead atoms. The maximum atomic E-state index is 10.3. The molecule has 4 aromatic carbocycles. The molecule has 0 aliphatic carbocycles. The first-order chi connectivity index (χ1) is 13.7. The second-order valence-electron chi connectivity index (χ2n) is 7.23. The van der Waals surface area contributed by atoms with Gasteiger partial charge in [0.2, 0.25) is 0 Å². The van der Waals surface area contributed by atoms with Crippen molar-refractivity contribution in [1.29, 1.82) is 0 Å². The lowest BCUT2D eigenvalue weighted by molar-refractivity contribution is 0.199. The summed E-state index contributed by atoms with van der Waals surface area (Å²) in [6, 6.07) is 33.8. The summed E-state index contributed by atoms with van der Waals surface area (Å²) in [5.74, 6) is 0. The van der Waals surface area contributed by atoms with Gasteiger partial charge in [0.05, 0.1) is 23.0 Å². The van der Waals surface area contributed by atoms with Crippen LogP contribution in [0.1, 0.15) is 18.6 Å². The monoisotopic (exact) mass is 363 g/mol. The Morgan fingerprint density at radius 1 is 0.714 bits per heavy atom. The Kier molecular flexibility index (Phi) is 4.00. The van der Waals surface area contributed by atoms with E-state index in [0.717, 1.165) is 27.8 Å². The molecular formula is C26H21NO. The Bertz CT molecular complexity index is 1280. The van der Waals surface area contributed by atoms with Crippen molar-refractivity contribution in [2.75, 3.05) is 0 Å². The van der Waals surface area contributed by atoms with Gasteiger partial charge in [0.15, 0.2) is 0 Å². The largest absolute Gasteiger partial charge is 0.389 e. The molecule has 1 N–H and O–H groups in total. The highest BCUT2D eigenvalue weighted by Gasteiger charge is 2.16. The Balaban J connectivity index is 1.92. The Morgan fingerprint density at radius 3 is 2.18 bits per heavy atom. The van der Waals surface area contributed by atoms with E-state index in [4.69, 9.17) is 0 Å². The van der Waals surface area contributed by atoms with E-state index in [1.807, 2.05) is 19.1 Å². The van der Waals surface area contributed by atoms with Gasteiger partial charge in [-0.25, -0.2) is 0 Å². The SMILES string of the molecule is CC(O)c1cc(-n2c(-c3ccccc3)cc3ccccc32)c2ccccc2c1. The molecule has 2 heteroatoms. The van der Waals surface area contributed by atoms with Gasteiger partial charge in [-0.1, -0.05) is 72.8 Å². The van der Waals surface area contributed by atoms with Gasteiger partial charge in [0.25, 0.3) is 0 Å². The van der Waals surface area contributed by atoms with Crippen LogP contribution in [0.5, 0.6) is 0 Å². The number of benzene rings is 4. The van der Waals surface area contributed by atoms with Gasteiger partial charge < -0.3 is 9.67 Å². The normalized spacial score (nSPS) is 12.5. The molecule has 0 saturated heterocycles. The van der Waals surface area contributed by atoms with Crippen molar-refractivity contribution in [2.24, 2.45) is 0 Å². The maximum absolute atomic E-state index is 10.3. The smallest absolute Gasteiger partial charge is 0.0762 e. The number of nitrogens with zero attached hydrogens (tertiary/aromatic N) is 1. The molecule has 0 aliphatic heterocycles. The van der Waals surface area contributed by atoms with Crippen LogP contribution >= 0.6 is 0 Å². The van der Waals surface area contributed by atoms with Crippen LogP contribution in [0.4, 0.5) is 0 Å². The molecule has 1 aromatic heterocycles. The zero-order valence-corrected chi connectivity index (χ0v) is 15.7. The molecule has 0 fully saturated rings. The second kappa shape index (κ2) is 6.66. The number of hydrogen-bond donors (Lipinski definition) is 1. The van der Waals surface area contributed by atoms with Crippen LogP contribution in [-0.4, -0.2) is 9.67 Å². The van der Waals surface area contributed by atoms with Gasteiger partial charge in [-0.3, -0.25) is 0 Å². The summed E-state index contributed by atoms with van der Waals surface area (Å²) in [7, 11) is 0. The minimum Gasteiger partial charge on any atom is -0.389 e. The predicted octanol–water partition coefficient (Wildman–Crippen LogP) is 6.50. The number of rotatable bonds is 3. The molecule has 0 aliphatic rings. The number of hydrogen-bond acceptors (Lipinski definition) is 1. The fraction of sp³-hybridized carbons (Fsp3) is 0.0769. The number of para-hydroxylation sites is 1. The average molecular weight is 363 g/mol. The zero-order chi connectivity index (χ0) is 19.1. The third kappa shape index (κ3) is 2.70. The summed E-state index contributed by atoms with van der Waals surface area (Å²) < 4.78 is 2.32. The molecule has 1 unspecified atom stereocenters. The van der Waals surface area contributed by atoms with Crippen molar-refractivity contribution in [1.82, 2.24) is 4.57 Å². The van der Waals surface area contributed by atoms with Crippen LogP contribution in [0, 0.1) is 0 Å². The van der Waals surface area contributed by atoms with Crippen molar-refractivity contribution in [3.05, 3.63) is 103 Å². The maximum Gasteiger partial charge on any atom is 0.0762 e. The molecular weight excluding hydrogens is 342 g/mol. The highest BCUT2D eigenvalue weighted by Crippen LogP contribution is 2.35. The van der Waals surface area contributed by atoms with E-state index in [9.17, 15) is 5.11 Å². The van der Waals surface area contributed by atoms with Crippen molar-refractivity contribution < 1.29 is 5.11 Å². The lowest BCUT2D eigenvalue weighted by atomic mass is 10.0. The third-order valence-electron chi connectivity index (χ3n) is 5.37. The van der Waals surface area contributed by atoms with E-state index < -0.39 is 6.10 Å². The highest BCUT2D eigenvalue weighted by molar-refractivity contribution is 5.96. The van der Waals surface area contributed by atoms with E-state index in [-0.39, 0.29) is 0 Å². The van der Waals surface area contributed by atoms with E-state index in [2.05, 4.69) is 89.5 Å². The predicted molar refractivity (Wildman–Crippen MR) is 117 cm³/mol. The van der Waals surface area contributed by atoms with Gasteiger partial charge in [-0.05, 0) is 47.7 Å². The van der Waals surface area contributed by atoms with Crippen LogP contribution < -0.4 is 0 Å². The molecule has 136 valence electrons. The Labute approximate surface area is 164 Å². The molecule has 0 spiro atoms. The minimum atomic E-state index is -0.523. The van der Waals surface area contributed by atoms with Gasteiger partial charge >= 0.3 is 0 Å². The molecule has 2 nitrogen and oxygen atoms in total. The average Bonchev–Trinajstić information content (AvgIpc) is 3.13. The first-order valence-corrected chi connectivity index (χ1v) is 9.59. The molecule has 1 heterocycles. The zero-order valence-electron chi connectivity index (χ0n) is 15.7. The van der Waals surface area contributed by atoms with E-state index >= 15 is 0 Å². The topological polar surface area (TPSA) is 25.2 Å². The first-order valence-electron chi connectivity index (χ1n) is 9.59. The van der Waals surface area contributed by atoms with E-state index in [0.29, 0.717) is 0 Å². The molecule has 28 heavy (non-hydrogen) atoms. The van der Waals surface area contributed by atoms with Crippen molar-refractivity contribution in [2.45, 2.75) is 13.0 Å². The summed E-state index contributed by atoms with van der Waals surface area (Å²) in [5, 5.41) is 13.8. The standard InChI is InChI=1S/C26H21NO/c1-18(28)22-15-20-11-5-7-13-23(20)26(17-22)27-24-14-8-6-12-21(24)16-25(27)19-9-3-2-4-10-19/h2-18,28H,1H3. The fourth-order valence-corrected chi connectivity index (χ4v) is 3.97. The van der Waals surface area contributed by atoms with Gasteiger partial charge in [-0.2, -0.15) is 0 Å². The lowest BCUT2D eigenvalue weighted by Crippen LogP contribution is -2.01. The molecule has 5 aromatic rings. The molecule has 0 radical (unpaired) electrons. The summed E-state index contributed by atoms with van der Waals surface area (Å²) in [4.78, 5) is 0. The third-order valence-corrected chi connectivity index (χ3v) is 5.37. The highest BCUT2D eigenvalue weighted by atomic mass is 16.3. The van der Waals surface area contributed by atoms with Crippen molar-refractivity contribution >= 4 is 21.7 Å². The summed E-state index contributed by atoms with van der Waals surface area (Å²) in [6.07, 6.45) is -0.523. The quantitative estimate of drug-likeness (QED) is 0.389. The Hall–Kier alpha value is -3.36. The van der Waals surface area contributed by atoms with Crippen LogP contribution in [0.3, 0.4) is 0 Å². The summed E-state index contributed by atoms with van der Waals surface area (Å²) in [5.41, 5.74) is 5.49. The van der Waals surface area contributed by atoms with E-state index in [1.54, 1.807) is 0 Å². The number of aliphatic hydroxyl groups excluding tert-OH is 1. The van der Waals surface area contributed by atoms with Crippen LogP contribution in [-0.2, 0) is 0 Å². The summed E-state index contributed by atoms with van der Waals surface area (Å²) in [6.45, 7) is 1.82. The molecule has 0 saturated carbocycles. The molecule has 5 rings (SSSR count). The van der Waals surface area contributed by atoms with Gasteiger partial charge in [0, 0.05) is 10.8 Å². The Morgan fingerprint density at radius 2 is 1.39 bits per heavy atom.